The van der Waals surface area contributed by atoms with Crippen molar-refractivity contribution in [1.29, 1.82) is 0 Å². The van der Waals surface area contributed by atoms with Crippen LogP contribution < -0.4 is 5.56 Å². The second kappa shape index (κ2) is 5.23. The van der Waals surface area contributed by atoms with Crippen LogP contribution >= 0.6 is 0 Å². The molecule has 0 unspecified atom stereocenters. The molecule has 16 heavy (non-hydrogen) atoms. The zero-order valence-electron chi connectivity index (χ0n) is 9.34. The van der Waals surface area contributed by atoms with Gasteiger partial charge in [-0.15, -0.1) is 0 Å². The number of aromatic amines is 1. The molecule has 1 saturated carbocycles. The maximum Gasteiger partial charge on any atom is 0.287 e. The molecule has 1 N–H and O–H groups in total. The normalized spacial score (nSPS) is 17.6. The zero-order chi connectivity index (χ0) is 11.4. The zero-order valence-corrected chi connectivity index (χ0v) is 9.34. The number of nitrogens with zero attached hydrogens (tertiary/aromatic N) is 1. The number of aryl methyl sites for hydroxylation is 1. The lowest BCUT2D eigenvalue weighted by Crippen LogP contribution is -2.16. The molecule has 88 valence electrons. The largest absolute Gasteiger partial charge is 0.311 e. The first-order valence-electron chi connectivity index (χ1n) is 5.99. The summed E-state index contributed by atoms with van der Waals surface area (Å²) in [6, 6.07) is 0. The topological polar surface area (TPSA) is 45.8 Å². The average Bonchev–Trinajstić information content (AvgIpc) is 2.32. The van der Waals surface area contributed by atoms with Crippen molar-refractivity contribution in [3.8, 4) is 0 Å². The highest BCUT2D eigenvalue weighted by atomic mass is 19.1. The van der Waals surface area contributed by atoms with Crippen LogP contribution in [0, 0.1) is 11.7 Å². The Hall–Kier alpha value is -1.19. The fraction of sp³-hybridized carbons (Fsp3) is 0.667. The van der Waals surface area contributed by atoms with Crippen LogP contribution in [0.15, 0.2) is 11.1 Å². The van der Waals surface area contributed by atoms with Gasteiger partial charge in [0.15, 0.2) is 0 Å². The minimum Gasteiger partial charge on any atom is -0.311 e. The van der Waals surface area contributed by atoms with Gasteiger partial charge in [-0.3, -0.25) is 4.79 Å². The van der Waals surface area contributed by atoms with Crippen LogP contribution in [0.4, 0.5) is 4.39 Å². The van der Waals surface area contributed by atoms with Gasteiger partial charge in [-0.25, -0.2) is 4.98 Å². The number of rotatable bonds is 3. The number of halogens is 1. The molecule has 0 atom stereocenters. The van der Waals surface area contributed by atoms with Crippen LogP contribution in [-0.2, 0) is 6.42 Å². The van der Waals surface area contributed by atoms with Crippen LogP contribution in [0.25, 0.3) is 0 Å². The molecule has 4 heteroatoms. The SMILES string of the molecule is O=c1[nH]cnc(CCC2CCCCC2)c1F. The van der Waals surface area contributed by atoms with Crippen LogP contribution in [-0.4, -0.2) is 9.97 Å². The van der Waals surface area contributed by atoms with Crippen LogP contribution in [0.3, 0.4) is 0 Å². The average molecular weight is 224 g/mol. The summed E-state index contributed by atoms with van der Waals surface area (Å²) in [6.45, 7) is 0. The number of aromatic nitrogens is 2. The number of hydrogen-bond acceptors (Lipinski definition) is 2. The molecule has 1 heterocycles. The van der Waals surface area contributed by atoms with Gasteiger partial charge < -0.3 is 4.98 Å². The fourth-order valence-electron chi connectivity index (χ4n) is 2.41. The lowest BCUT2D eigenvalue weighted by atomic mass is 9.86. The molecule has 0 aromatic carbocycles. The van der Waals surface area contributed by atoms with Crippen molar-refractivity contribution in [2.24, 2.45) is 5.92 Å². The van der Waals surface area contributed by atoms with Crippen molar-refractivity contribution in [3.05, 3.63) is 28.2 Å². The molecule has 0 radical (unpaired) electrons. The van der Waals surface area contributed by atoms with Gasteiger partial charge in [0.05, 0.1) is 12.0 Å². The summed E-state index contributed by atoms with van der Waals surface area (Å²) in [5.74, 6) is -0.0208. The molecule has 0 aliphatic heterocycles. The molecular weight excluding hydrogens is 207 g/mol. The Morgan fingerprint density at radius 3 is 2.88 bits per heavy atom. The molecule has 1 aromatic rings. The van der Waals surface area contributed by atoms with E-state index in [-0.39, 0.29) is 0 Å². The molecule has 0 saturated heterocycles. The van der Waals surface area contributed by atoms with Gasteiger partial charge in [-0.05, 0) is 18.8 Å². The maximum absolute atomic E-state index is 13.3. The van der Waals surface area contributed by atoms with Crippen LogP contribution in [0.1, 0.15) is 44.2 Å². The molecule has 1 aliphatic rings. The van der Waals surface area contributed by atoms with Crippen molar-refractivity contribution in [1.82, 2.24) is 9.97 Å². The quantitative estimate of drug-likeness (QED) is 0.857. The summed E-state index contributed by atoms with van der Waals surface area (Å²) in [4.78, 5) is 17.1. The van der Waals surface area contributed by atoms with E-state index >= 15 is 0 Å². The number of hydrogen-bond donors (Lipinski definition) is 1. The first-order chi connectivity index (χ1) is 7.77. The minimum atomic E-state index is -0.710. The molecule has 1 aromatic heterocycles. The van der Waals surface area contributed by atoms with E-state index in [4.69, 9.17) is 0 Å². The monoisotopic (exact) mass is 224 g/mol. The summed E-state index contributed by atoms with van der Waals surface area (Å²) in [7, 11) is 0. The molecule has 0 amide bonds. The smallest absolute Gasteiger partial charge is 0.287 e. The van der Waals surface area contributed by atoms with Gasteiger partial charge in [-0.1, -0.05) is 32.1 Å². The van der Waals surface area contributed by atoms with E-state index in [0.29, 0.717) is 18.0 Å². The van der Waals surface area contributed by atoms with Crippen LogP contribution in [0.2, 0.25) is 0 Å². The predicted octanol–water partition coefficient (Wildman–Crippen LogP) is 2.42. The first-order valence-corrected chi connectivity index (χ1v) is 5.99. The van der Waals surface area contributed by atoms with E-state index in [1.54, 1.807) is 0 Å². The van der Waals surface area contributed by atoms with Gasteiger partial charge in [-0.2, -0.15) is 4.39 Å². The molecular formula is C12H17FN2O. The second-order valence-corrected chi connectivity index (χ2v) is 4.54. The Balaban J connectivity index is 1.93. The Morgan fingerprint density at radius 2 is 2.12 bits per heavy atom. The second-order valence-electron chi connectivity index (χ2n) is 4.54. The van der Waals surface area contributed by atoms with E-state index < -0.39 is 11.4 Å². The van der Waals surface area contributed by atoms with E-state index in [2.05, 4.69) is 9.97 Å². The van der Waals surface area contributed by atoms with Gasteiger partial charge in [0.25, 0.3) is 5.56 Å². The van der Waals surface area contributed by atoms with Crippen LogP contribution in [0.5, 0.6) is 0 Å². The lowest BCUT2D eigenvalue weighted by molar-refractivity contribution is 0.336. The third kappa shape index (κ3) is 2.68. The highest BCUT2D eigenvalue weighted by Crippen LogP contribution is 2.27. The summed E-state index contributed by atoms with van der Waals surface area (Å²) in [6.07, 6.45) is 9.20. The predicted molar refractivity (Wildman–Crippen MR) is 59.7 cm³/mol. The van der Waals surface area contributed by atoms with E-state index in [0.717, 1.165) is 6.42 Å². The van der Waals surface area contributed by atoms with Crippen molar-refractivity contribution in [2.75, 3.05) is 0 Å². The number of nitrogens with one attached hydrogen (secondary N) is 1. The molecule has 0 spiro atoms. The summed E-state index contributed by atoms with van der Waals surface area (Å²) in [5.41, 5.74) is -0.344. The van der Waals surface area contributed by atoms with E-state index in [1.807, 2.05) is 0 Å². The fourth-order valence-corrected chi connectivity index (χ4v) is 2.41. The number of H-pyrrole nitrogens is 1. The van der Waals surface area contributed by atoms with Gasteiger partial charge >= 0.3 is 0 Å². The van der Waals surface area contributed by atoms with Crippen molar-refractivity contribution < 1.29 is 4.39 Å². The van der Waals surface area contributed by atoms with Gasteiger partial charge in [0, 0.05) is 0 Å². The summed E-state index contributed by atoms with van der Waals surface area (Å²) < 4.78 is 13.3. The minimum absolute atomic E-state index is 0.314. The van der Waals surface area contributed by atoms with E-state index in [9.17, 15) is 9.18 Å². The Bertz CT molecular complexity index is 396. The van der Waals surface area contributed by atoms with Crippen molar-refractivity contribution >= 4 is 0 Å². The molecule has 1 aliphatic carbocycles. The highest BCUT2D eigenvalue weighted by Gasteiger charge is 2.15. The lowest BCUT2D eigenvalue weighted by Gasteiger charge is -2.20. The standard InChI is InChI=1S/C12H17FN2O/c13-11-10(14-8-15-12(11)16)7-6-9-4-2-1-3-5-9/h8-9H,1-7H2,(H,14,15,16). The van der Waals surface area contributed by atoms with Gasteiger partial charge in [0.1, 0.15) is 0 Å². The Morgan fingerprint density at radius 1 is 1.38 bits per heavy atom. The molecule has 0 bridgehead atoms. The molecule has 3 nitrogen and oxygen atoms in total. The molecule has 2 rings (SSSR count). The van der Waals surface area contributed by atoms with Gasteiger partial charge in [0.2, 0.25) is 5.82 Å². The third-order valence-corrected chi connectivity index (χ3v) is 3.38. The van der Waals surface area contributed by atoms with Crippen molar-refractivity contribution in [3.63, 3.8) is 0 Å². The highest BCUT2D eigenvalue weighted by molar-refractivity contribution is 5.02. The third-order valence-electron chi connectivity index (χ3n) is 3.38. The van der Waals surface area contributed by atoms with E-state index in [1.165, 1.54) is 38.4 Å². The Labute approximate surface area is 94.1 Å². The summed E-state index contributed by atoms with van der Waals surface area (Å²) >= 11 is 0. The first kappa shape index (κ1) is 11.3. The maximum atomic E-state index is 13.3. The molecule has 1 fully saturated rings. The van der Waals surface area contributed by atoms with Crippen molar-refractivity contribution in [2.45, 2.75) is 44.9 Å². The Kier molecular flexibility index (Phi) is 3.70. The summed E-state index contributed by atoms with van der Waals surface area (Å²) in [5, 5.41) is 0.